The summed E-state index contributed by atoms with van der Waals surface area (Å²) in [6, 6.07) is 11.0. The summed E-state index contributed by atoms with van der Waals surface area (Å²) >= 11 is 0. The van der Waals surface area contributed by atoms with E-state index in [9.17, 15) is 25.2 Å². The molecule has 10 atom stereocenters. The van der Waals surface area contributed by atoms with Gasteiger partial charge in [-0.2, -0.15) is 0 Å². The van der Waals surface area contributed by atoms with Crippen LogP contribution in [-0.2, 0) is 31.6 Å². The third kappa shape index (κ3) is 5.37. The predicted molar refractivity (Wildman–Crippen MR) is 224 cm³/mol. The predicted octanol–water partition coefficient (Wildman–Crippen LogP) is 2.75. The van der Waals surface area contributed by atoms with Crippen molar-refractivity contribution >= 4 is 28.5 Å². The van der Waals surface area contributed by atoms with E-state index >= 15 is 4.79 Å². The number of nitrogens with zero attached hydrogens (tertiary/aromatic N) is 3. The van der Waals surface area contributed by atoms with E-state index in [2.05, 4.69) is 38.3 Å². The maximum atomic E-state index is 15.3. The Bertz CT molecular complexity index is 2190. The fourth-order valence-corrected chi connectivity index (χ4v) is 13.5. The van der Waals surface area contributed by atoms with Gasteiger partial charge in [0.25, 0.3) is 5.91 Å². The van der Waals surface area contributed by atoms with Crippen molar-refractivity contribution in [1.29, 1.82) is 0 Å². The molecule has 6 aliphatic rings. The summed E-state index contributed by atoms with van der Waals surface area (Å²) in [5, 5.41) is 51.3. The number of carbonyl (C=O) groups is 2. The molecule has 1 saturated carbocycles. The zero-order chi connectivity index (χ0) is 41.7. The molecule has 0 radical (unpaired) electrons. The summed E-state index contributed by atoms with van der Waals surface area (Å²) in [5.41, 5.74) is -1.47. The lowest BCUT2D eigenvalue weighted by atomic mass is 9.47. The van der Waals surface area contributed by atoms with Crippen molar-refractivity contribution in [2.24, 2.45) is 11.3 Å². The Morgan fingerprint density at radius 2 is 1.83 bits per heavy atom. The molecular formula is C46H61N5O8. The highest BCUT2D eigenvalue weighted by molar-refractivity contribution is 5.95. The van der Waals surface area contributed by atoms with Gasteiger partial charge in [-0.25, -0.2) is 0 Å². The Kier molecular flexibility index (Phi) is 9.80. The van der Waals surface area contributed by atoms with E-state index in [1.165, 1.54) is 7.11 Å². The molecule has 1 aromatic heterocycles. The molecular weight excluding hydrogens is 755 g/mol. The Morgan fingerprint density at radius 3 is 2.56 bits per heavy atom. The Balaban J connectivity index is 1.34. The first-order valence-electron chi connectivity index (χ1n) is 21.6. The Morgan fingerprint density at radius 1 is 1.03 bits per heavy atom. The summed E-state index contributed by atoms with van der Waals surface area (Å²) in [6.07, 6.45) is 6.10. The molecule has 9 rings (SSSR count). The SMILES string of the molecule is CC[C@]1(O)C[C@H]2CN(CCc3c([nH]c4ccccc34)[C@@](C(=O)OC)(c3cc4c(cc3OC)N(C)[C@H]3[C@@](O)(C(=O)[15NH][13CH2][13CH2][13CH2]O)[C@H](O)[C@]5(CC)C=CCN6CC[C@]43[C@@H]65)C2)C1. The molecule has 2 bridgehead atoms. The molecule has 1 aliphatic carbocycles. The van der Waals surface area contributed by atoms with Gasteiger partial charge in [0.15, 0.2) is 5.60 Å². The molecule has 13 nitrogen and oxygen atoms in total. The minimum atomic E-state index is -2.26. The van der Waals surface area contributed by atoms with Gasteiger partial charge in [0, 0.05) is 97.2 Å². The van der Waals surface area contributed by atoms with Gasteiger partial charge in [0.1, 0.15) is 17.3 Å². The lowest BCUT2D eigenvalue weighted by Crippen LogP contribution is -2.81. The van der Waals surface area contributed by atoms with Crippen LogP contribution in [0.15, 0.2) is 48.6 Å². The number of aliphatic hydroxyl groups is 4. The van der Waals surface area contributed by atoms with Crippen LogP contribution in [0.5, 0.6) is 5.75 Å². The van der Waals surface area contributed by atoms with Gasteiger partial charge >= 0.3 is 5.97 Å². The number of hydrogen-bond donors (Lipinski definition) is 6. The first-order chi connectivity index (χ1) is 28.3. The number of aromatic nitrogens is 1. The maximum Gasteiger partial charge on any atom is 0.322 e. The molecule has 6 N–H and O–H groups in total. The summed E-state index contributed by atoms with van der Waals surface area (Å²) in [6.45, 7) is 7.39. The van der Waals surface area contributed by atoms with Crippen LogP contribution in [0.2, 0.25) is 0 Å². The monoisotopic (exact) mass is 815 g/mol. The third-order valence-corrected chi connectivity index (χ3v) is 15.8. The van der Waals surface area contributed by atoms with E-state index in [1.807, 2.05) is 56.1 Å². The molecule has 6 heterocycles. The van der Waals surface area contributed by atoms with Crippen LogP contribution in [0, 0.1) is 11.3 Å². The first kappa shape index (κ1) is 40.4. The zero-order valence-corrected chi connectivity index (χ0v) is 35.1. The highest BCUT2D eigenvalue weighted by atomic mass is 16.5. The number of likely N-dealkylation sites (N-methyl/N-ethyl adjacent to an activating group) is 1. The van der Waals surface area contributed by atoms with Crippen molar-refractivity contribution < 1.29 is 39.5 Å². The number of ether oxygens (including phenoxy) is 2. The van der Waals surface area contributed by atoms with Crippen LogP contribution in [0.1, 0.15) is 74.8 Å². The number of rotatable bonds is 9. The van der Waals surface area contributed by atoms with Gasteiger partial charge in [-0.15, -0.1) is 0 Å². The van der Waals surface area contributed by atoms with E-state index in [0.29, 0.717) is 89.0 Å². The van der Waals surface area contributed by atoms with Crippen LogP contribution >= 0.6 is 0 Å². The number of nitrogens with one attached hydrogen (secondary N) is 2. The van der Waals surface area contributed by atoms with Crippen LogP contribution < -0.4 is 15.0 Å². The van der Waals surface area contributed by atoms with Crippen molar-refractivity contribution in [3.05, 3.63) is 70.9 Å². The van der Waals surface area contributed by atoms with E-state index in [0.717, 1.165) is 33.4 Å². The van der Waals surface area contributed by atoms with Gasteiger partial charge in [-0.05, 0) is 80.7 Å². The number of benzene rings is 2. The molecule has 59 heavy (non-hydrogen) atoms. The Labute approximate surface area is 346 Å². The lowest BCUT2D eigenvalue weighted by molar-refractivity contribution is -0.203. The molecule has 5 aliphatic heterocycles. The van der Waals surface area contributed by atoms with E-state index < -0.39 is 51.5 Å². The number of esters is 1. The second-order valence-corrected chi connectivity index (χ2v) is 18.5. The lowest BCUT2D eigenvalue weighted by Gasteiger charge is -2.63. The summed E-state index contributed by atoms with van der Waals surface area (Å²) in [4.78, 5) is 40.4. The minimum Gasteiger partial charge on any atom is -0.496 e. The van der Waals surface area contributed by atoms with Crippen molar-refractivity contribution in [2.45, 2.75) is 99.0 Å². The molecule has 1 unspecified atom stereocenters. The zero-order valence-electron chi connectivity index (χ0n) is 35.1. The highest BCUT2D eigenvalue weighted by Gasteiger charge is 2.78. The number of amides is 1. The van der Waals surface area contributed by atoms with Gasteiger partial charge in [-0.3, -0.25) is 19.4 Å². The van der Waals surface area contributed by atoms with Gasteiger partial charge in [0.05, 0.1) is 25.9 Å². The van der Waals surface area contributed by atoms with Gasteiger partial charge in [-0.1, -0.05) is 44.2 Å². The second kappa shape index (κ2) is 14.3. The van der Waals surface area contributed by atoms with Crippen molar-refractivity contribution in [3.63, 3.8) is 0 Å². The number of carbonyl (C=O) groups excluding carboxylic acids is 2. The molecule has 318 valence electrons. The van der Waals surface area contributed by atoms with E-state index in [4.69, 9.17) is 9.47 Å². The molecule has 3 fully saturated rings. The fourth-order valence-electron chi connectivity index (χ4n) is 13.5. The van der Waals surface area contributed by atoms with Crippen molar-refractivity contribution in [1.82, 2.24) is 20.1 Å². The van der Waals surface area contributed by atoms with Crippen LogP contribution in [0.4, 0.5) is 5.69 Å². The average molecular weight is 816 g/mol. The second-order valence-electron chi connectivity index (χ2n) is 18.5. The van der Waals surface area contributed by atoms with Gasteiger partial charge < -0.3 is 45.1 Å². The van der Waals surface area contributed by atoms with E-state index in [1.54, 1.807) is 7.11 Å². The normalized spacial score (nSPS) is 37.1. The van der Waals surface area contributed by atoms with Crippen LogP contribution in [0.3, 0.4) is 0 Å². The molecule has 2 aromatic carbocycles. The molecule has 3 aromatic rings. The largest absolute Gasteiger partial charge is 0.496 e. The number of aliphatic hydroxyl groups excluding tert-OH is 2. The Hall–Kier alpha value is -3.98. The number of anilines is 1. The standard InChI is InChI=1S/C46H61N5O8/c1-6-42(56)24-28-25-45(41(55)59-5,36-30(14-19-50(26-28)27-42)29-12-8-9-13-33(29)48-36)32-22-31-34(23-35(32)58-4)49(3)38-44(31)16-20-51-18-10-15-43(7-2,37(44)51)39(53)46(38,57)40(54)47-17-11-21-52/h8-10,12-13,15,22-23,28,37-39,48,52-53,56-57H,6-7,11,14,16-21,24-27H2,1-5H3,(H,47,54)/t28-,37+,38-,39-,42+,43-,44-,45+,46+/m1/s1/i11+1,17+1,21+1,47+1. The van der Waals surface area contributed by atoms with Gasteiger partial charge in [0.2, 0.25) is 0 Å². The molecule has 1 amide bonds. The summed E-state index contributed by atoms with van der Waals surface area (Å²) in [5.74, 6) is -0.727. The summed E-state index contributed by atoms with van der Waals surface area (Å²) in [7, 11) is 4.92. The van der Waals surface area contributed by atoms with Crippen LogP contribution in [0.25, 0.3) is 10.9 Å². The number of H-pyrrole nitrogens is 1. The number of hydrogen-bond acceptors (Lipinski definition) is 11. The average Bonchev–Trinajstić information content (AvgIpc) is 3.90. The maximum absolute atomic E-state index is 15.3. The molecule has 1 spiro atoms. The topological polar surface area (TPSA) is 171 Å². The summed E-state index contributed by atoms with van der Waals surface area (Å²) < 4.78 is 12.3. The highest BCUT2D eigenvalue weighted by Crippen LogP contribution is 2.67. The minimum absolute atomic E-state index is 0.0903. The molecule has 2 saturated heterocycles. The quantitative estimate of drug-likeness (QED) is 0.0618. The number of methoxy groups -OCH3 is 2. The smallest absolute Gasteiger partial charge is 0.322 e. The number of fused-ring (bicyclic) bond motifs is 6. The first-order valence-corrected chi connectivity index (χ1v) is 21.6. The fraction of sp³-hybridized carbons (Fsp3) is 0.609. The van der Waals surface area contributed by atoms with Crippen molar-refractivity contribution in [2.75, 3.05) is 72.0 Å². The number of piperidine rings is 1. The van der Waals surface area contributed by atoms with Crippen molar-refractivity contribution in [3.8, 4) is 5.75 Å². The number of para-hydroxylation sites is 1. The number of aromatic amines is 1. The molecule has 13 heteroatoms. The van der Waals surface area contributed by atoms with Crippen LogP contribution in [-0.4, -0.2) is 144 Å². The van der Waals surface area contributed by atoms with E-state index in [-0.39, 0.29) is 25.1 Å². The third-order valence-electron chi connectivity index (χ3n) is 15.8.